The highest BCUT2D eigenvalue weighted by Gasteiger charge is 2.48. The number of hydrogen-bond acceptors (Lipinski definition) is 3. The molecule has 1 aromatic heterocycles. The monoisotopic (exact) mass is 419 g/mol. The molecule has 0 saturated carbocycles. The molecule has 0 aliphatic carbocycles. The van der Waals surface area contributed by atoms with Crippen molar-refractivity contribution in [2.24, 2.45) is 0 Å². The van der Waals surface area contributed by atoms with E-state index in [1.54, 1.807) is 0 Å². The van der Waals surface area contributed by atoms with E-state index in [0.717, 1.165) is 5.69 Å². The molecule has 4 aromatic carbocycles. The predicted molar refractivity (Wildman–Crippen MR) is 137 cm³/mol. The number of pyridine rings is 1. The Morgan fingerprint density at radius 3 is 2.00 bits per heavy atom. The van der Waals surface area contributed by atoms with Gasteiger partial charge in [-0.2, -0.15) is 0 Å². The summed E-state index contributed by atoms with van der Waals surface area (Å²) >= 11 is 0. The fourth-order valence-electron chi connectivity index (χ4n) is 6.02. The molecule has 4 heteroatoms. The normalized spacial score (nSPS) is 13.9. The Kier molecular flexibility index (Phi) is 3.21. The van der Waals surface area contributed by atoms with Gasteiger partial charge in [0.2, 0.25) is 0 Å². The zero-order valence-corrected chi connectivity index (χ0v) is 17.8. The van der Waals surface area contributed by atoms with Crippen LogP contribution in [-0.4, -0.2) is 11.8 Å². The lowest BCUT2D eigenvalue weighted by molar-refractivity contribution is 1.23. The van der Waals surface area contributed by atoms with Crippen LogP contribution in [0.4, 0.5) is 28.4 Å². The van der Waals surface area contributed by atoms with Gasteiger partial charge >= 0.3 is 6.85 Å². The van der Waals surface area contributed by atoms with E-state index in [2.05, 4.69) is 113 Å². The number of fused-ring (bicyclic) bond motifs is 6. The molecule has 3 nitrogen and oxygen atoms in total. The molecule has 5 aromatic rings. The lowest BCUT2D eigenvalue weighted by Crippen LogP contribution is -2.63. The van der Waals surface area contributed by atoms with Crippen molar-refractivity contribution < 1.29 is 0 Å². The minimum atomic E-state index is 0.119. The highest BCUT2D eigenvalue weighted by Crippen LogP contribution is 2.50. The van der Waals surface area contributed by atoms with Gasteiger partial charge in [0.25, 0.3) is 0 Å². The van der Waals surface area contributed by atoms with Crippen molar-refractivity contribution in [2.75, 3.05) is 9.71 Å². The minimum Gasteiger partial charge on any atom is -0.375 e. The van der Waals surface area contributed by atoms with Gasteiger partial charge in [0, 0.05) is 40.1 Å². The van der Waals surface area contributed by atoms with Crippen LogP contribution in [0.1, 0.15) is 0 Å². The zero-order valence-electron chi connectivity index (χ0n) is 17.8. The van der Waals surface area contributed by atoms with Gasteiger partial charge < -0.3 is 9.71 Å². The largest absolute Gasteiger partial charge is 0.375 e. The summed E-state index contributed by atoms with van der Waals surface area (Å²) in [5.41, 5.74) is 13.7. The molecule has 0 N–H and O–H groups in total. The summed E-state index contributed by atoms with van der Waals surface area (Å²) in [5.74, 6) is 0. The Morgan fingerprint density at radius 1 is 0.515 bits per heavy atom. The van der Waals surface area contributed by atoms with Gasteiger partial charge in [0.15, 0.2) is 0 Å². The van der Waals surface area contributed by atoms with Crippen LogP contribution < -0.4 is 20.6 Å². The molecule has 4 heterocycles. The number of para-hydroxylation sites is 2. The molecular weight excluding hydrogens is 401 g/mol. The lowest BCUT2D eigenvalue weighted by Gasteiger charge is -2.48. The van der Waals surface area contributed by atoms with Crippen LogP contribution >= 0.6 is 0 Å². The Bertz CT molecular complexity index is 1500. The third-order valence-electron chi connectivity index (χ3n) is 7.22. The minimum absolute atomic E-state index is 0.119. The Morgan fingerprint density at radius 2 is 1.15 bits per heavy atom. The molecule has 0 saturated heterocycles. The van der Waals surface area contributed by atoms with E-state index in [1.165, 1.54) is 56.1 Å². The van der Waals surface area contributed by atoms with Crippen LogP contribution in [0.5, 0.6) is 0 Å². The first-order valence-corrected chi connectivity index (χ1v) is 11.4. The maximum atomic E-state index is 4.88. The summed E-state index contributed by atoms with van der Waals surface area (Å²) in [6.45, 7) is 0.119. The topological polar surface area (TPSA) is 19.4 Å². The fourth-order valence-corrected chi connectivity index (χ4v) is 6.02. The molecular formula is C29H18BN3. The summed E-state index contributed by atoms with van der Waals surface area (Å²) in [7, 11) is 0. The molecule has 0 bridgehead atoms. The second kappa shape index (κ2) is 6.14. The number of aromatic nitrogens is 1. The molecule has 0 fully saturated rings. The predicted octanol–water partition coefficient (Wildman–Crippen LogP) is 5.77. The van der Waals surface area contributed by atoms with Crippen molar-refractivity contribution in [3.8, 4) is 22.4 Å². The second-order valence-corrected chi connectivity index (χ2v) is 8.81. The van der Waals surface area contributed by atoms with Gasteiger partial charge in [0.05, 0.1) is 11.4 Å². The number of rotatable bonds is 1. The Labute approximate surface area is 192 Å². The van der Waals surface area contributed by atoms with E-state index >= 15 is 0 Å². The molecule has 3 aliphatic rings. The third kappa shape index (κ3) is 2.08. The molecule has 152 valence electrons. The van der Waals surface area contributed by atoms with E-state index in [1.807, 2.05) is 6.20 Å². The Hall–Kier alpha value is -4.31. The van der Waals surface area contributed by atoms with Crippen LogP contribution in [0.25, 0.3) is 22.4 Å². The van der Waals surface area contributed by atoms with E-state index < -0.39 is 0 Å². The van der Waals surface area contributed by atoms with Crippen LogP contribution in [0.15, 0.2) is 109 Å². The van der Waals surface area contributed by atoms with Crippen LogP contribution in [-0.2, 0) is 0 Å². The molecule has 8 rings (SSSR count). The Balaban J connectivity index is 1.58. The van der Waals surface area contributed by atoms with Gasteiger partial charge in [-0.15, -0.1) is 0 Å². The highest BCUT2D eigenvalue weighted by molar-refractivity contribution is 6.95. The molecule has 33 heavy (non-hydrogen) atoms. The maximum absolute atomic E-state index is 4.88. The molecule has 0 radical (unpaired) electrons. The summed E-state index contributed by atoms with van der Waals surface area (Å²) in [6.07, 6.45) is 1.91. The fraction of sp³-hybridized carbons (Fsp3) is 0. The van der Waals surface area contributed by atoms with Crippen molar-refractivity contribution in [3.63, 3.8) is 0 Å². The van der Waals surface area contributed by atoms with Crippen molar-refractivity contribution in [1.82, 2.24) is 4.98 Å². The van der Waals surface area contributed by atoms with Crippen molar-refractivity contribution in [3.05, 3.63) is 109 Å². The number of anilines is 5. The van der Waals surface area contributed by atoms with E-state index in [9.17, 15) is 0 Å². The molecule has 3 aliphatic heterocycles. The van der Waals surface area contributed by atoms with Crippen molar-refractivity contribution in [2.45, 2.75) is 0 Å². The summed E-state index contributed by atoms with van der Waals surface area (Å²) in [4.78, 5) is 9.82. The van der Waals surface area contributed by atoms with Gasteiger partial charge in [0.1, 0.15) is 0 Å². The SMILES string of the molecule is c1ccc(N2c3cccc4c3B3c5c(cccc52)-c2ncccc2N3c2ccccc2-4)cc1. The maximum Gasteiger partial charge on any atom is 0.333 e. The summed E-state index contributed by atoms with van der Waals surface area (Å²) < 4.78 is 0. The van der Waals surface area contributed by atoms with E-state index in [-0.39, 0.29) is 6.85 Å². The van der Waals surface area contributed by atoms with Crippen molar-refractivity contribution >= 4 is 46.2 Å². The first kappa shape index (κ1) is 17.3. The molecule has 0 atom stereocenters. The molecule has 0 unspecified atom stereocenters. The van der Waals surface area contributed by atoms with E-state index in [4.69, 9.17) is 4.98 Å². The smallest absolute Gasteiger partial charge is 0.333 e. The quantitative estimate of drug-likeness (QED) is 0.322. The third-order valence-corrected chi connectivity index (χ3v) is 7.22. The second-order valence-electron chi connectivity index (χ2n) is 8.81. The molecule has 0 spiro atoms. The average Bonchev–Trinajstić information content (AvgIpc) is 2.89. The van der Waals surface area contributed by atoms with Gasteiger partial charge in [-0.1, -0.05) is 60.7 Å². The van der Waals surface area contributed by atoms with Gasteiger partial charge in [-0.05, 0) is 59.0 Å². The first-order valence-electron chi connectivity index (χ1n) is 11.4. The highest BCUT2D eigenvalue weighted by atomic mass is 15.2. The van der Waals surface area contributed by atoms with E-state index in [0.29, 0.717) is 0 Å². The van der Waals surface area contributed by atoms with Gasteiger partial charge in [-0.25, -0.2) is 0 Å². The standard InChI is InChI=1S/C29H18BN3/c1-2-9-19(10-3-1)32-24-15-6-12-21-20-11-4-5-14-23(20)33-26-17-8-18-31-29(26)22-13-7-16-25(32)28(22)30(33)27(21)24/h1-18H. The van der Waals surface area contributed by atoms with Crippen LogP contribution in [0.3, 0.4) is 0 Å². The van der Waals surface area contributed by atoms with Crippen molar-refractivity contribution in [1.29, 1.82) is 0 Å². The number of hydrogen-bond donors (Lipinski definition) is 0. The van der Waals surface area contributed by atoms with Crippen LogP contribution in [0, 0.1) is 0 Å². The van der Waals surface area contributed by atoms with Crippen LogP contribution in [0.2, 0.25) is 0 Å². The van der Waals surface area contributed by atoms with Gasteiger partial charge in [-0.3, -0.25) is 4.98 Å². The lowest BCUT2D eigenvalue weighted by atomic mass is 9.41. The zero-order chi connectivity index (χ0) is 21.5. The number of benzene rings is 4. The first-order chi connectivity index (χ1) is 16.4. The number of nitrogens with zero attached hydrogens (tertiary/aromatic N) is 3. The summed E-state index contributed by atoms with van der Waals surface area (Å²) in [5, 5.41) is 0. The summed E-state index contributed by atoms with van der Waals surface area (Å²) in [6, 6.07) is 37.2. The average molecular weight is 419 g/mol. The molecule has 0 amide bonds.